The maximum atomic E-state index is 12.2. The number of thioether (sulfide) groups is 1. The summed E-state index contributed by atoms with van der Waals surface area (Å²) in [5, 5.41) is 10.6. The molecule has 0 saturated carbocycles. The van der Waals surface area contributed by atoms with Gasteiger partial charge in [0, 0.05) is 10.5 Å². The summed E-state index contributed by atoms with van der Waals surface area (Å²) in [4.78, 5) is 23.3. The molecule has 2 N–H and O–H groups in total. The van der Waals surface area contributed by atoms with Crippen LogP contribution < -0.4 is 5.32 Å². The second-order valence-corrected chi connectivity index (χ2v) is 4.79. The van der Waals surface area contributed by atoms with Gasteiger partial charge >= 0.3 is 12.1 Å². The molecule has 1 amide bonds. The molecule has 0 saturated heterocycles. The standard InChI is InChI=1S/C12H12F3NO3S/c1-20-8-4-2-7(3-5-8)10(17)16-9(11(18)19)6-12(13,14)15/h2-5,9H,6H2,1H3,(H,16,17)(H,18,19). The van der Waals surface area contributed by atoms with Crippen molar-refractivity contribution in [3.63, 3.8) is 0 Å². The van der Waals surface area contributed by atoms with Crippen molar-refractivity contribution < 1.29 is 27.9 Å². The summed E-state index contributed by atoms with van der Waals surface area (Å²) in [5.74, 6) is -2.58. The number of aliphatic carboxylic acids is 1. The molecule has 4 nitrogen and oxygen atoms in total. The SMILES string of the molecule is CSc1ccc(C(=O)NC(CC(F)(F)F)C(=O)O)cc1. The zero-order chi connectivity index (χ0) is 15.3. The van der Waals surface area contributed by atoms with E-state index in [2.05, 4.69) is 0 Å². The Morgan fingerprint density at radius 2 is 1.85 bits per heavy atom. The molecule has 1 unspecified atom stereocenters. The second-order valence-electron chi connectivity index (χ2n) is 3.91. The van der Waals surface area contributed by atoms with Gasteiger partial charge in [-0.3, -0.25) is 4.79 Å². The number of rotatable bonds is 5. The summed E-state index contributed by atoms with van der Waals surface area (Å²) in [6.45, 7) is 0. The molecule has 0 heterocycles. The minimum atomic E-state index is -4.67. The molecule has 0 aliphatic carbocycles. The van der Waals surface area contributed by atoms with Gasteiger partial charge in [-0.1, -0.05) is 0 Å². The number of carbonyl (C=O) groups is 2. The summed E-state index contributed by atoms with van der Waals surface area (Å²) < 4.78 is 36.6. The molecule has 0 fully saturated rings. The Kier molecular flexibility index (Phi) is 5.43. The van der Waals surface area contributed by atoms with E-state index in [1.54, 1.807) is 12.1 Å². The fourth-order valence-electron chi connectivity index (χ4n) is 1.42. The van der Waals surface area contributed by atoms with E-state index in [1.807, 2.05) is 11.6 Å². The van der Waals surface area contributed by atoms with E-state index in [0.717, 1.165) is 4.90 Å². The Morgan fingerprint density at radius 1 is 1.30 bits per heavy atom. The normalized spacial score (nSPS) is 12.8. The van der Waals surface area contributed by atoms with Crippen molar-refractivity contribution in [2.75, 3.05) is 6.26 Å². The van der Waals surface area contributed by atoms with Crippen LogP contribution in [-0.2, 0) is 4.79 Å². The number of benzene rings is 1. The van der Waals surface area contributed by atoms with Crippen LogP contribution in [0, 0.1) is 0 Å². The van der Waals surface area contributed by atoms with Gasteiger partial charge in [0.2, 0.25) is 0 Å². The molecule has 0 aliphatic rings. The smallest absolute Gasteiger partial charge is 0.391 e. The highest BCUT2D eigenvalue weighted by molar-refractivity contribution is 7.98. The van der Waals surface area contributed by atoms with Crippen LogP contribution in [0.1, 0.15) is 16.8 Å². The minimum absolute atomic E-state index is 0.108. The molecule has 8 heteroatoms. The van der Waals surface area contributed by atoms with E-state index in [0.29, 0.717) is 0 Å². The van der Waals surface area contributed by atoms with Gasteiger partial charge in [0.05, 0.1) is 6.42 Å². The molecule has 1 aromatic carbocycles. The van der Waals surface area contributed by atoms with Crippen LogP contribution in [0.15, 0.2) is 29.2 Å². The molecule has 0 aliphatic heterocycles. The summed E-state index contributed by atoms with van der Waals surface area (Å²) in [7, 11) is 0. The lowest BCUT2D eigenvalue weighted by Gasteiger charge is -2.16. The van der Waals surface area contributed by atoms with Gasteiger partial charge < -0.3 is 10.4 Å². The van der Waals surface area contributed by atoms with E-state index < -0.39 is 30.5 Å². The third kappa shape index (κ3) is 5.12. The molecule has 0 aromatic heterocycles. The Labute approximate surface area is 117 Å². The predicted molar refractivity (Wildman–Crippen MR) is 67.8 cm³/mol. The minimum Gasteiger partial charge on any atom is -0.480 e. The van der Waals surface area contributed by atoms with Crippen LogP contribution in [-0.4, -0.2) is 35.5 Å². The molecular formula is C12H12F3NO3S. The fraction of sp³-hybridized carbons (Fsp3) is 0.333. The number of carbonyl (C=O) groups excluding carboxylic acids is 1. The average molecular weight is 307 g/mol. The van der Waals surface area contributed by atoms with Crippen LogP contribution in [0.2, 0.25) is 0 Å². The van der Waals surface area contributed by atoms with Crippen molar-refractivity contribution in [1.82, 2.24) is 5.32 Å². The van der Waals surface area contributed by atoms with Crippen LogP contribution in [0.5, 0.6) is 0 Å². The van der Waals surface area contributed by atoms with Gasteiger partial charge in [-0.05, 0) is 30.5 Å². The molecule has 110 valence electrons. The van der Waals surface area contributed by atoms with Crippen LogP contribution in [0.25, 0.3) is 0 Å². The molecule has 0 bridgehead atoms. The van der Waals surface area contributed by atoms with E-state index >= 15 is 0 Å². The number of amides is 1. The number of halogens is 3. The highest BCUT2D eigenvalue weighted by Gasteiger charge is 2.36. The van der Waals surface area contributed by atoms with Crippen molar-refractivity contribution in [1.29, 1.82) is 0 Å². The largest absolute Gasteiger partial charge is 0.480 e. The Balaban J connectivity index is 2.77. The molecular weight excluding hydrogens is 295 g/mol. The summed E-state index contributed by atoms with van der Waals surface area (Å²) >= 11 is 1.44. The zero-order valence-corrected chi connectivity index (χ0v) is 11.2. The number of alkyl halides is 3. The predicted octanol–water partition coefficient (Wildman–Crippen LogP) is 2.54. The van der Waals surface area contributed by atoms with Gasteiger partial charge in [0.25, 0.3) is 5.91 Å². The summed E-state index contributed by atoms with van der Waals surface area (Å²) in [6.07, 6.45) is -4.45. The van der Waals surface area contributed by atoms with Crippen molar-refractivity contribution >= 4 is 23.6 Å². The lowest BCUT2D eigenvalue weighted by molar-refractivity contribution is -0.157. The third-order valence-corrected chi connectivity index (χ3v) is 3.13. The van der Waals surface area contributed by atoms with Gasteiger partial charge in [-0.25, -0.2) is 4.79 Å². The van der Waals surface area contributed by atoms with E-state index in [9.17, 15) is 22.8 Å². The highest BCUT2D eigenvalue weighted by atomic mass is 32.2. The maximum absolute atomic E-state index is 12.2. The number of carboxylic acid groups (broad SMARTS) is 1. The lowest BCUT2D eigenvalue weighted by Crippen LogP contribution is -2.43. The van der Waals surface area contributed by atoms with Crippen molar-refractivity contribution in [2.24, 2.45) is 0 Å². The fourth-order valence-corrected chi connectivity index (χ4v) is 1.82. The number of hydrogen-bond donors (Lipinski definition) is 2. The van der Waals surface area contributed by atoms with Gasteiger partial charge in [0.1, 0.15) is 6.04 Å². The first kappa shape index (κ1) is 16.4. The number of carboxylic acids is 1. The van der Waals surface area contributed by atoms with Gasteiger partial charge in [0.15, 0.2) is 0 Å². The molecule has 1 atom stereocenters. The van der Waals surface area contributed by atoms with Crippen molar-refractivity contribution in [3.8, 4) is 0 Å². The average Bonchev–Trinajstić information content (AvgIpc) is 2.36. The molecule has 0 radical (unpaired) electrons. The third-order valence-electron chi connectivity index (χ3n) is 2.39. The van der Waals surface area contributed by atoms with Crippen molar-refractivity contribution in [3.05, 3.63) is 29.8 Å². The van der Waals surface area contributed by atoms with E-state index in [-0.39, 0.29) is 5.56 Å². The monoisotopic (exact) mass is 307 g/mol. The van der Waals surface area contributed by atoms with E-state index in [4.69, 9.17) is 5.11 Å². The first-order chi connectivity index (χ1) is 9.23. The quantitative estimate of drug-likeness (QED) is 0.820. The molecule has 1 aromatic rings. The first-order valence-corrected chi connectivity index (χ1v) is 6.70. The lowest BCUT2D eigenvalue weighted by atomic mass is 10.1. The Morgan fingerprint density at radius 3 is 2.25 bits per heavy atom. The Hall–Kier alpha value is -1.70. The Bertz CT molecular complexity index is 488. The summed E-state index contributed by atoms with van der Waals surface area (Å²) in [6, 6.07) is 4.10. The van der Waals surface area contributed by atoms with Crippen LogP contribution in [0.3, 0.4) is 0 Å². The zero-order valence-electron chi connectivity index (χ0n) is 10.4. The number of nitrogens with one attached hydrogen (secondary N) is 1. The number of hydrogen-bond acceptors (Lipinski definition) is 3. The van der Waals surface area contributed by atoms with Gasteiger partial charge in [-0.2, -0.15) is 13.2 Å². The van der Waals surface area contributed by atoms with Crippen LogP contribution >= 0.6 is 11.8 Å². The first-order valence-electron chi connectivity index (χ1n) is 5.47. The topological polar surface area (TPSA) is 66.4 Å². The molecule has 1 rings (SSSR count). The van der Waals surface area contributed by atoms with E-state index in [1.165, 1.54) is 23.9 Å². The van der Waals surface area contributed by atoms with Crippen LogP contribution in [0.4, 0.5) is 13.2 Å². The highest BCUT2D eigenvalue weighted by Crippen LogP contribution is 2.22. The molecule has 20 heavy (non-hydrogen) atoms. The van der Waals surface area contributed by atoms with Gasteiger partial charge in [-0.15, -0.1) is 11.8 Å². The maximum Gasteiger partial charge on any atom is 0.391 e. The molecule has 0 spiro atoms. The van der Waals surface area contributed by atoms with Crippen molar-refractivity contribution in [2.45, 2.75) is 23.5 Å². The second kappa shape index (κ2) is 6.65. The summed E-state index contributed by atoms with van der Waals surface area (Å²) in [5.41, 5.74) is 0.108.